The molecule has 4 N–H and O–H groups in total. The van der Waals surface area contributed by atoms with E-state index in [0.717, 1.165) is 17.9 Å². The van der Waals surface area contributed by atoms with Gasteiger partial charge < -0.3 is 16.4 Å². The highest BCUT2D eigenvalue weighted by atomic mass is 35.5. The van der Waals surface area contributed by atoms with Crippen molar-refractivity contribution in [2.45, 2.75) is 12.5 Å². The molecule has 0 spiro atoms. The summed E-state index contributed by atoms with van der Waals surface area (Å²) in [5.74, 6) is 1.67. The topological polar surface area (TPSA) is 72.3 Å². The SMILES string of the molecule is CN(c1c(Cl)cc(N)cc1C(N)=O)C1CCSC1. The van der Waals surface area contributed by atoms with E-state index in [1.165, 1.54) is 0 Å². The van der Waals surface area contributed by atoms with E-state index in [-0.39, 0.29) is 0 Å². The van der Waals surface area contributed by atoms with E-state index in [1.54, 1.807) is 12.1 Å². The van der Waals surface area contributed by atoms with Gasteiger partial charge in [0.15, 0.2) is 0 Å². The summed E-state index contributed by atoms with van der Waals surface area (Å²) in [6.45, 7) is 0. The van der Waals surface area contributed by atoms with Crippen LogP contribution >= 0.6 is 23.4 Å². The molecule has 1 fully saturated rings. The normalized spacial score (nSPS) is 18.9. The molecule has 0 aromatic heterocycles. The molecule has 1 saturated heterocycles. The highest BCUT2D eigenvalue weighted by Crippen LogP contribution is 2.35. The Balaban J connectivity index is 2.44. The Morgan fingerprint density at radius 2 is 2.28 bits per heavy atom. The molecule has 1 heterocycles. The van der Waals surface area contributed by atoms with E-state index >= 15 is 0 Å². The van der Waals surface area contributed by atoms with E-state index in [2.05, 4.69) is 0 Å². The molecule has 0 aliphatic carbocycles. The molecule has 1 unspecified atom stereocenters. The molecule has 0 bridgehead atoms. The van der Waals surface area contributed by atoms with Crippen LogP contribution in [0.2, 0.25) is 5.02 Å². The van der Waals surface area contributed by atoms with Gasteiger partial charge in [0.1, 0.15) is 0 Å². The van der Waals surface area contributed by atoms with Crippen molar-refractivity contribution < 1.29 is 4.79 Å². The Kier molecular flexibility index (Phi) is 3.92. The first-order valence-electron chi connectivity index (χ1n) is 5.70. The number of carbonyl (C=O) groups excluding carboxylic acids is 1. The number of hydrogen-bond acceptors (Lipinski definition) is 4. The third-order valence-corrected chi connectivity index (χ3v) is 4.59. The molecule has 1 aromatic rings. The number of carbonyl (C=O) groups is 1. The monoisotopic (exact) mass is 285 g/mol. The van der Waals surface area contributed by atoms with Crippen molar-refractivity contribution in [3.63, 3.8) is 0 Å². The van der Waals surface area contributed by atoms with Crippen LogP contribution in [0.3, 0.4) is 0 Å². The zero-order chi connectivity index (χ0) is 13.3. The summed E-state index contributed by atoms with van der Waals surface area (Å²) in [6.07, 6.45) is 1.08. The summed E-state index contributed by atoms with van der Waals surface area (Å²) in [4.78, 5) is 13.6. The largest absolute Gasteiger partial charge is 0.399 e. The zero-order valence-corrected chi connectivity index (χ0v) is 11.7. The maximum absolute atomic E-state index is 11.5. The number of amides is 1. The lowest BCUT2D eigenvalue weighted by molar-refractivity contribution is 0.100. The van der Waals surface area contributed by atoms with Gasteiger partial charge in [-0.25, -0.2) is 0 Å². The molecule has 1 amide bonds. The average molecular weight is 286 g/mol. The molecular weight excluding hydrogens is 270 g/mol. The molecule has 18 heavy (non-hydrogen) atoms. The first-order valence-corrected chi connectivity index (χ1v) is 7.23. The Morgan fingerprint density at radius 3 is 2.83 bits per heavy atom. The minimum Gasteiger partial charge on any atom is -0.399 e. The standard InChI is InChI=1S/C12H16ClN3OS/c1-16(8-2-3-18-6-8)11-9(12(15)17)4-7(14)5-10(11)13/h4-5,8H,2-3,6,14H2,1H3,(H2,15,17). The van der Waals surface area contributed by atoms with Crippen molar-refractivity contribution in [3.05, 3.63) is 22.7 Å². The second-order valence-electron chi connectivity index (χ2n) is 4.39. The van der Waals surface area contributed by atoms with E-state index in [4.69, 9.17) is 23.1 Å². The molecule has 4 nitrogen and oxygen atoms in total. The third-order valence-electron chi connectivity index (χ3n) is 3.16. The summed E-state index contributed by atoms with van der Waals surface area (Å²) in [6, 6.07) is 3.62. The summed E-state index contributed by atoms with van der Waals surface area (Å²) in [7, 11) is 1.94. The van der Waals surface area contributed by atoms with E-state index in [0.29, 0.717) is 28.0 Å². The van der Waals surface area contributed by atoms with Gasteiger partial charge in [-0.05, 0) is 24.3 Å². The number of rotatable bonds is 3. The van der Waals surface area contributed by atoms with Gasteiger partial charge in [-0.2, -0.15) is 11.8 Å². The van der Waals surface area contributed by atoms with Crippen molar-refractivity contribution in [3.8, 4) is 0 Å². The van der Waals surface area contributed by atoms with Gasteiger partial charge in [-0.1, -0.05) is 11.6 Å². The van der Waals surface area contributed by atoms with Crippen molar-refractivity contribution in [1.82, 2.24) is 0 Å². The molecule has 1 aromatic carbocycles. The van der Waals surface area contributed by atoms with Gasteiger partial charge in [0.2, 0.25) is 0 Å². The second kappa shape index (κ2) is 5.28. The fourth-order valence-corrected chi connectivity index (χ4v) is 3.81. The highest BCUT2D eigenvalue weighted by Gasteiger charge is 2.25. The van der Waals surface area contributed by atoms with Crippen LogP contribution in [0.15, 0.2) is 12.1 Å². The zero-order valence-electron chi connectivity index (χ0n) is 10.1. The third kappa shape index (κ3) is 2.52. The molecule has 1 aliphatic rings. The minimum absolute atomic E-state index is 0.384. The fraction of sp³-hybridized carbons (Fsp3) is 0.417. The fourth-order valence-electron chi connectivity index (χ4n) is 2.18. The van der Waals surface area contributed by atoms with Gasteiger partial charge in [-0.3, -0.25) is 4.79 Å². The summed E-state index contributed by atoms with van der Waals surface area (Å²) in [5.41, 5.74) is 12.6. The van der Waals surface area contributed by atoms with E-state index in [9.17, 15) is 4.79 Å². The summed E-state index contributed by atoms with van der Waals surface area (Å²) >= 11 is 8.12. The predicted octanol–water partition coefficient (Wildman–Crippen LogP) is 1.96. The smallest absolute Gasteiger partial charge is 0.250 e. The van der Waals surface area contributed by atoms with Crippen LogP contribution in [0.4, 0.5) is 11.4 Å². The van der Waals surface area contributed by atoms with Crippen LogP contribution in [0.5, 0.6) is 0 Å². The Bertz CT molecular complexity index is 475. The van der Waals surface area contributed by atoms with Gasteiger partial charge in [0.25, 0.3) is 5.91 Å². The number of benzene rings is 1. The van der Waals surface area contributed by atoms with Crippen molar-refractivity contribution in [2.75, 3.05) is 29.2 Å². The minimum atomic E-state index is -0.503. The van der Waals surface area contributed by atoms with Crippen LogP contribution in [-0.4, -0.2) is 30.5 Å². The van der Waals surface area contributed by atoms with E-state index in [1.807, 2.05) is 23.7 Å². The summed E-state index contributed by atoms with van der Waals surface area (Å²) < 4.78 is 0. The predicted molar refractivity (Wildman–Crippen MR) is 78.5 cm³/mol. The van der Waals surface area contributed by atoms with Crippen LogP contribution in [-0.2, 0) is 0 Å². The Labute approximate surface area is 116 Å². The van der Waals surface area contributed by atoms with Crippen LogP contribution in [0.25, 0.3) is 0 Å². The lowest BCUT2D eigenvalue weighted by Gasteiger charge is -2.28. The van der Waals surface area contributed by atoms with Crippen molar-refractivity contribution in [2.24, 2.45) is 5.73 Å². The number of hydrogen-bond donors (Lipinski definition) is 2. The first kappa shape index (κ1) is 13.4. The molecule has 0 saturated carbocycles. The molecule has 0 radical (unpaired) electrons. The van der Waals surface area contributed by atoms with Crippen LogP contribution < -0.4 is 16.4 Å². The van der Waals surface area contributed by atoms with Crippen molar-refractivity contribution in [1.29, 1.82) is 0 Å². The lowest BCUT2D eigenvalue weighted by atomic mass is 10.1. The molecule has 6 heteroatoms. The van der Waals surface area contributed by atoms with Crippen LogP contribution in [0.1, 0.15) is 16.8 Å². The number of nitrogens with two attached hydrogens (primary N) is 2. The Hall–Kier alpha value is -1.07. The van der Waals surface area contributed by atoms with Gasteiger partial charge in [-0.15, -0.1) is 0 Å². The second-order valence-corrected chi connectivity index (χ2v) is 5.95. The lowest BCUT2D eigenvalue weighted by Crippen LogP contribution is -2.33. The summed E-state index contributed by atoms with van der Waals surface area (Å²) in [5, 5.41) is 0.475. The molecule has 1 atom stereocenters. The van der Waals surface area contributed by atoms with Gasteiger partial charge in [0, 0.05) is 24.5 Å². The number of primary amides is 1. The maximum atomic E-state index is 11.5. The number of nitrogens with zero attached hydrogens (tertiary/aromatic N) is 1. The molecule has 1 aliphatic heterocycles. The van der Waals surface area contributed by atoms with Crippen molar-refractivity contribution >= 4 is 40.6 Å². The molecular formula is C12H16ClN3OS. The number of nitrogen functional groups attached to an aromatic ring is 1. The number of anilines is 2. The number of halogens is 1. The highest BCUT2D eigenvalue weighted by molar-refractivity contribution is 7.99. The van der Waals surface area contributed by atoms with E-state index < -0.39 is 5.91 Å². The first-order chi connectivity index (χ1) is 8.50. The maximum Gasteiger partial charge on any atom is 0.250 e. The quantitative estimate of drug-likeness (QED) is 0.833. The Morgan fingerprint density at radius 1 is 1.56 bits per heavy atom. The van der Waals surface area contributed by atoms with Gasteiger partial charge in [0.05, 0.1) is 16.3 Å². The molecule has 98 valence electrons. The number of thioether (sulfide) groups is 1. The van der Waals surface area contributed by atoms with Gasteiger partial charge >= 0.3 is 0 Å². The average Bonchev–Trinajstić information content (AvgIpc) is 2.80. The van der Waals surface area contributed by atoms with Crippen LogP contribution in [0, 0.1) is 0 Å². The molecule has 2 rings (SSSR count).